The van der Waals surface area contributed by atoms with E-state index in [0.29, 0.717) is 29.2 Å². The second-order valence-corrected chi connectivity index (χ2v) is 7.68. The Bertz CT molecular complexity index is 1330. The molecular formula is C22H22FN7O2. The van der Waals surface area contributed by atoms with Gasteiger partial charge in [-0.3, -0.25) is 9.48 Å². The number of likely N-dealkylation sites (N-methyl/N-ethyl adjacent to an activating group) is 1. The molecular weight excluding hydrogens is 413 g/mol. The highest BCUT2D eigenvalue weighted by Crippen LogP contribution is 2.46. The Morgan fingerprint density at radius 1 is 1.25 bits per heavy atom. The molecule has 2 aromatic carbocycles. The molecule has 3 N–H and O–H groups in total. The van der Waals surface area contributed by atoms with Gasteiger partial charge in [0.15, 0.2) is 0 Å². The first-order chi connectivity index (χ1) is 15.6. The Balaban J connectivity index is 1.63. The highest BCUT2D eigenvalue weighted by atomic mass is 19.1. The molecule has 32 heavy (non-hydrogen) atoms. The molecule has 4 aromatic rings. The first-order valence-electron chi connectivity index (χ1n) is 10.3. The molecule has 1 aliphatic heterocycles. The fourth-order valence-corrected chi connectivity index (χ4v) is 4.21. The fraction of sp³-hybridized carbons (Fsp3) is 0.273. The summed E-state index contributed by atoms with van der Waals surface area (Å²) in [6.45, 7) is 1.31. The number of hydrogen-bond donors (Lipinski definition) is 3. The van der Waals surface area contributed by atoms with Crippen LogP contribution in [0, 0.1) is 5.82 Å². The van der Waals surface area contributed by atoms with Gasteiger partial charge in [-0.2, -0.15) is 10.2 Å². The number of H-pyrrole nitrogens is 1. The number of aromatic nitrogens is 5. The van der Waals surface area contributed by atoms with Crippen molar-refractivity contribution >= 4 is 16.5 Å². The summed E-state index contributed by atoms with van der Waals surface area (Å²) >= 11 is 0. The summed E-state index contributed by atoms with van der Waals surface area (Å²) in [6.07, 6.45) is 1.48. The Morgan fingerprint density at radius 3 is 2.78 bits per heavy atom. The van der Waals surface area contributed by atoms with Crippen LogP contribution < -0.4 is 20.9 Å². The maximum absolute atomic E-state index is 14.3. The number of aromatic amines is 1. The van der Waals surface area contributed by atoms with Crippen molar-refractivity contribution in [2.45, 2.75) is 12.0 Å². The smallest absolute Gasteiger partial charge is 0.272 e. The molecule has 3 heterocycles. The van der Waals surface area contributed by atoms with Crippen molar-refractivity contribution in [2.24, 2.45) is 7.05 Å². The molecule has 0 bridgehead atoms. The fourth-order valence-electron chi connectivity index (χ4n) is 4.21. The van der Waals surface area contributed by atoms with E-state index in [-0.39, 0.29) is 17.3 Å². The SMILES string of the molecule is CNCCOc1ccc([C@@H]2Nc3cc(F)cc4c(=O)[nH]nc(c34)[C@H]2c2ncnn2C)cc1. The van der Waals surface area contributed by atoms with Gasteiger partial charge in [0, 0.05) is 24.7 Å². The third-order valence-corrected chi connectivity index (χ3v) is 5.71. The lowest BCUT2D eigenvalue weighted by atomic mass is 9.83. The molecule has 0 unspecified atom stereocenters. The highest BCUT2D eigenvalue weighted by Gasteiger charge is 2.37. The highest BCUT2D eigenvalue weighted by molar-refractivity contribution is 5.97. The summed E-state index contributed by atoms with van der Waals surface area (Å²) in [7, 11) is 3.68. The number of ether oxygens (including phenoxy) is 1. The van der Waals surface area contributed by atoms with Crippen LogP contribution >= 0.6 is 0 Å². The van der Waals surface area contributed by atoms with Crippen molar-refractivity contribution in [1.29, 1.82) is 0 Å². The van der Waals surface area contributed by atoms with Crippen LogP contribution in [0.2, 0.25) is 0 Å². The molecule has 0 spiro atoms. The Kier molecular flexibility index (Phi) is 5.06. The number of nitrogens with one attached hydrogen (secondary N) is 3. The molecule has 0 saturated carbocycles. The molecule has 9 nitrogen and oxygen atoms in total. The Labute approximate surface area is 182 Å². The molecule has 0 amide bonds. The zero-order chi connectivity index (χ0) is 22.2. The number of rotatable bonds is 6. The van der Waals surface area contributed by atoms with Crippen LogP contribution in [-0.2, 0) is 7.05 Å². The molecule has 164 valence electrons. The van der Waals surface area contributed by atoms with Crippen LogP contribution in [0.15, 0.2) is 47.5 Å². The predicted molar refractivity (Wildman–Crippen MR) is 117 cm³/mol. The van der Waals surface area contributed by atoms with Crippen LogP contribution in [0.25, 0.3) is 10.8 Å². The topological polar surface area (TPSA) is 110 Å². The summed E-state index contributed by atoms with van der Waals surface area (Å²) in [4.78, 5) is 16.8. The van der Waals surface area contributed by atoms with E-state index in [1.807, 2.05) is 31.3 Å². The van der Waals surface area contributed by atoms with Gasteiger partial charge in [-0.25, -0.2) is 14.5 Å². The second-order valence-electron chi connectivity index (χ2n) is 7.68. The lowest BCUT2D eigenvalue weighted by molar-refractivity contribution is 0.318. The van der Waals surface area contributed by atoms with Gasteiger partial charge in [0.25, 0.3) is 5.56 Å². The van der Waals surface area contributed by atoms with E-state index >= 15 is 0 Å². The molecule has 10 heteroatoms. The number of nitrogens with zero attached hydrogens (tertiary/aromatic N) is 4. The zero-order valence-electron chi connectivity index (χ0n) is 17.6. The molecule has 0 aliphatic carbocycles. The van der Waals surface area contributed by atoms with E-state index in [1.54, 1.807) is 11.7 Å². The largest absolute Gasteiger partial charge is 0.492 e. The van der Waals surface area contributed by atoms with E-state index in [9.17, 15) is 9.18 Å². The maximum Gasteiger partial charge on any atom is 0.272 e. The van der Waals surface area contributed by atoms with Crippen molar-refractivity contribution < 1.29 is 9.13 Å². The molecule has 1 aliphatic rings. The lowest BCUT2D eigenvalue weighted by Crippen LogP contribution is -2.30. The van der Waals surface area contributed by atoms with Gasteiger partial charge in [-0.1, -0.05) is 12.1 Å². The minimum Gasteiger partial charge on any atom is -0.492 e. The van der Waals surface area contributed by atoms with Crippen LogP contribution in [-0.4, -0.2) is 45.2 Å². The van der Waals surface area contributed by atoms with Gasteiger partial charge in [0.05, 0.1) is 23.0 Å². The van der Waals surface area contributed by atoms with Gasteiger partial charge in [0.2, 0.25) is 0 Å². The number of benzene rings is 2. The molecule has 5 rings (SSSR count). The number of hydrogen-bond acceptors (Lipinski definition) is 7. The summed E-state index contributed by atoms with van der Waals surface area (Å²) in [5.74, 6) is 0.571. The molecule has 0 saturated heterocycles. The minimum absolute atomic E-state index is 0.247. The van der Waals surface area contributed by atoms with Gasteiger partial charge < -0.3 is 15.4 Å². The van der Waals surface area contributed by atoms with Crippen LogP contribution in [0.3, 0.4) is 0 Å². The van der Waals surface area contributed by atoms with Crippen LogP contribution in [0.5, 0.6) is 5.75 Å². The molecule has 2 atom stereocenters. The third-order valence-electron chi connectivity index (χ3n) is 5.71. The van der Waals surface area contributed by atoms with Gasteiger partial charge in [0.1, 0.15) is 30.3 Å². The number of halogens is 1. The van der Waals surface area contributed by atoms with Crippen molar-refractivity contribution in [1.82, 2.24) is 30.3 Å². The third kappa shape index (κ3) is 3.38. The standard InChI is InChI=1S/C22H22FN7O2/c1-24-7-8-32-14-5-3-12(4-6-14)19-18(21-25-11-26-30(21)2)20-17-15(22(31)29-28-20)9-13(23)10-16(17)27-19/h3-6,9-11,18-19,24,27H,7-8H2,1-2H3,(H,29,31)/t18-,19-/m0/s1. The van der Waals surface area contributed by atoms with Crippen LogP contribution in [0.4, 0.5) is 10.1 Å². The van der Waals surface area contributed by atoms with Crippen molar-refractivity contribution in [3.8, 4) is 5.75 Å². The summed E-state index contributed by atoms with van der Waals surface area (Å²) in [6, 6.07) is 10.0. The van der Waals surface area contributed by atoms with E-state index in [4.69, 9.17) is 4.74 Å². The average Bonchev–Trinajstić information content (AvgIpc) is 3.21. The van der Waals surface area contributed by atoms with Gasteiger partial charge >= 0.3 is 0 Å². The maximum atomic E-state index is 14.3. The van der Waals surface area contributed by atoms with Gasteiger partial charge in [-0.15, -0.1) is 0 Å². The molecule has 0 fully saturated rings. The first kappa shape index (κ1) is 20.1. The van der Waals surface area contributed by atoms with Crippen molar-refractivity contribution in [3.63, 3.8) is 0 Å². The van der Waals surface area contributed by atoms with Gasteiger partial charge in [-0.05, 0) is 36.9 Å². The van der Waals surface area contributed by atoms with E-state index in [1.165, 1.54) is 18.5 Å². The average molecular weight is 435 g/mol. The normalized spacial score (nSPS) is 17.3. The minimum atomic E-state index is -0.494. The zero-order valence-corrected chi connectivity index (χ0v) is 17.6. The quantitative estimate of drug-likeness (QED) is 0.398. The Morgan fingerprint density at radius 2 is 2.06 bits per heavy atom. The van der Waals surface area contributed by atoms with E-state index in [0.717, 1.165) is 17.9 Å². The predicted octanol–water partition coefficient (Wildman–Crippen LogP) is 2.09. The number of aryl methyl sites for hydroxylation is 1. The molecule has 2 aromatic heterocycles. The summed E-state index contributed by atoms with van der Waals surface area (Å²) in [5.41, 5.74) is 1.63. The molecule has 0 radical (unpaired) electrons. The Hall–Kier alpha value is -3.79. The summed E-state index contributed by atoms with van der Waals surface area (Å²) < 4.78 is 21.7. The monoisotopic (exact) mass is 435 g/mol. The van der Waals surface area contributed by atoms with Crippen molar-refractivity contribution in [2.75, 3.05) is 25.5 Å². The van der Waals surface area contributed by atoms with E-state index in [2.05, 4.69) is 30.9 Å². The van der Waals surface area contributed by atoms with Crippen molar-refractivity contribution in [3.05, 3.63) is 76.0 Å². The van der Waals surface area contributed by atoms with E-state index < -0.39 is 11.4 Å². The van der Waals surface area contributed by atoms with Crippen LogP contribution in [0.1, 0.15) is 29.0 Å². The summed E-state index contributed by atoms with van der Waals surface area (Å²) in [5, 5.41) is 18.4. The second kappa shape index (κ2) is 8.04. The number of anilines is 1. The first-order valence-corrected chi connectivity index (χ1v) is 10.3. The lowest BCUT2D eigenvalue weighted by Gasteiger charge is -2.33.